The summed E-state index contributed by atoms with van der Waals surface area (Å²) in [6.07, 6.45) is 1.77. The molecule has 2 nitrogen and oxygen atoms in total. The number of aromatic nitrogens is 1. The number of hydrogen-bond donors (Lipinski definition) is 1. The monoisotopic (exact) mass is 264 g/mol. The lowest BCUT2D eigenvalue weighted by Crippen LogP contribution is -1.96. The van der Waals surface area contributed by atoms with E-state index in [-0.39, 0.29) is 0 Å². The van der Waals surface area contributed by atoms with Gasteiger partial charge in [0.05, 0.1) is 6.54 Å². The Hall–Kier alpha value is -0.280. The van der Waals surface area contributed by atoms with Crippen LogP contribution in [0.4, 0.5) is 5.13 Å². The highest BCUT2D eigenvalue weighted by Crippen LogP contribution is 2.08. The predicted octanol–water partition coefficient (Wildman–Crippen LogP) is 1.95. The smallest absolute Gasteiger partial charge is 0.183 e. The van der Waals surface area contributed by atoms with Gasteiger partial charge in [-0.15, -0.1) is 11.3 Å². The third kappa shape index (κ3) is 2.54. The molecule has 0 unspecified atom stereocenters. The zero-order chi connectivity index (χ0) is 7.23. The molecule has 0 bridgehead atoms. The predicted molar refractivity (Wildman–Crippen MR) is 52.4 cm³/mol. The van der Waals surface area contributed by atoms with Gasteiger partial charge in [0.2, 0.25) is 0 Å². The van der Waals surface area contributed by atoms with Gasteiger partial charge in [0.1, 0.15) is 0 Å². The molecule has 1 aromatic rings. The second-order valence-corrected chi connectivity index (χ2v) is 2.90. The van der Waals surface area contributed by atoms with Gasteiger partial charge in [-0.1, -0.05) is 5.92 Å². The molecule has 4 heteroatoms. The summed E-state index contributed by atoms with van der Waals surface area (Å²) in [5, 5.41) is 5.91. The minimum atomic E-state index is 0.677. The van der Waals surface area contributed by atoms with Crippen LogP contribution in [0.25, 0.3) is 0 Å². The lowest BCUT2D eigenvalue weighted by molar-refractivity contribution is 1.31. The fourth-order valence-electron chi connectivity index (χ4n) is 0.464. The summed E-state index contributed by atoms with van der Waals surface area (Å²) in [7, 11) is 0. The van der Waals surface area contributed by atoms with Crippen LogP contribution in [0.3, 0.4) is 0 Å². The number of thiazole rings is 1. The molecule has 0 fully saturated rings. The number of rotatable bonds is 2. The van der Waals surface area contributed by atoms with Crippen molar-refractivity contribution in [3.05, 3.63) is 11.6 Å². The number of nitrogens with zero attached hydrogens (tertiary/aromatic N) is 1. The summed E-state index contributed by atoms with van der Waals surface area (Å²) in [6.45, 7) is 0.677. The average Bonchev–Trinajstić information content (AvgIpc) is 2.41. The number of anilines is 1. The second-order valence-electron chi connectivity index (χ2n) is 1.46. The molecule has 1 heterocycles. The minimum absolute atomic E-state index is 0.677. The SMILES string of the molecule is IC#CCNc1nccs1. The van der Waals surface area contributed by atoms with E-state index >= 15 is 0 Å². The maximum absolute atomic E-state index is 4.03. The van der Waals surface area contributed by atoms with Gasteiger partial charge < -0.3 is 5.32 Å². The normalized spacial score (nSPS) is 8.10. The van der Waals surface area contributed by atoms with Crippen molar-refractivity contribution in [1.82, 2.24) is 4.98 Å². The number of hydrogen-bond acceptors (Lipinski definition) is 3. The Morgan fingerprint density at radius 1 is 1.80 bits per heavy atom. The molecule has 0 aromatic carbocycles. The molecule has 0 aliphatic heterocycles. The fourth-order valence-corrected chi connectivity index (χ4v) is 1.18. The molecule has 10 heavy (non-hydrogen) atoms. The van der Waals surface area contributed by atoms with Crippen molar-refractivity contribution in [1.29, 1.82) is 0 Å². The Morgan fingerprint density at radius 2 is 2.70 bits per heavy atom. The first-order valence-corrected chi connectivity index (χ1v) is 4.61. The number of halogens is 1. The molecule has 0 atom stereocenters. The zero-order valence-corrected chi connectivity index (χ0v) is 8.07. The Balaban J connectivity index is 2.32. The molecule has 0 saturated heterocycles. The van der Waals surface area contributed by atoms with Crippen molar-refractivity contribution >= 4 is 39.1 Å². The second kappa shape index (κ2) is 4.52. The van der Waals surface area contributed by atoms with E-state index < -0.39 is 0 Å². The molecule has 0 saturated carbocycles. The third-order valence-corrected chi connectivity index (χ3v) is 1.94. The molecule has 0 spiro atoms. The largest absolute Gasteiger partial charge is 0.351 e. The summed E-state index contributed by atoms with van der Waals surface area (Å²) >= 11 is 3.59. The molecule has 0 radical (unpaired) electrons. The molecular weight excluding hydrogens is 259 g/mol. The molecule has 52 valence electrons. The maximum Gasteiger partial charge on any atom is 0.183 e. The van der Waals surface area contributed by atoms with Gasteiger partial charge >= 0.3 is 0 Å². The van der Waals surface area contributed by atoms with E-state index in [9.17, 15) is 0 Å². The zero-order valence-electron chi connectivity index (χ0n) is 5.10. The van der Waals surface area contributed by atoms with Crippen LogP contribution >= 0.6 is 33.9 Å². The van der Waals surface area contributed by atoms with Crippen molar-refractivity contribution in [2.24, 2.45) is 0 Å². The summed E-state index contributed by atoms with van der Waals surface area (Å²) in [5.41, 5.74) is 0. The van der Waals surface area contributed by atoms with E-state index in [1.54, 1.807) is 17.5 Å². The van der Waals surface area contributed by atoms with Gasteiger partial charge in [0.15, 0.2) is 5.13 Å². The maximum atomic E-state index is 4.03. The third-order valence-electron chi connectivity index (χ3n) is 0.827. The van der Waals surface area contributed by atoms with Crippen molar-refractivity contribution in [3.63, 3.8) is 0 Å². The van der Waals surface area contributed by atoms with E-state index in [4.69, 9.17) is 0 Å². The van der Waals surface area contributed by atoms with Gasteiger partial charge in [0, 0.05) is 34.2 Å². The highest BCUT2D eigenvalue weighted by Gasteiger charge is 1.87. The van der Waals surface area contributed by atoms with Gasteiger partial charge in [-0.3, -0.25) is 0 Å². The molecule has 1 aromatic heterocycles. The van der Waals surface area contributed by atoms with Crippen LogP contribution in [0.15, 0.2) is 11.6 Å². The van der Waals surface area contributed by atoms with Crippen molar-refractivity contribution < 1.29 is 0 Å². The van der Waals surface area contributed by atoms with Gasteiger partial charge in [-0.2, -0.15) is 0 Å². The quantitative estimate of drug-likeness (QED) is 0.652. The van der Waals surface area contributed by atoms with Crippen molar-refractivity contribution in [2.45, 2.75) is 0 Å². The number of nitrogens with one attached hydrogen (secondary N) is 1. The van der Waals surface area contributed by atoms with Crippen LogP contribution in [0.2, 0.25) is 0 Å². The molecule has 0 aliphatic rings. The van der Waals surface area contributed by atoms with Crippen LogP contribution in [0.5, 0.6) is 0 Å². The lowest BCUT2D eigenvalue weighted by Gasteiger charge is -1.91. The van der Waals surface area contributed by atoms with Gasteiger partial charge in [-0.25, -0.2) is 4.98 Å². The van der Waals surface area contributed by atoms with Gasteiger partial charge in [-0.05, 0) is 3.93 Å². The van der Waals surface area contributed by atoms with Crippen LogP contribution in [0.1, 0.15) is 0 Å². The summed E-state index contributed by atoms with van der Waals surface area (Å²) < 4.78 is 2.76. The summed E-state index contributed by atoms with van der Waals surface area (Å²) in [4.78, 5) is 4.03. The minimum Gasteiger partial charge on any atom is -0.351 e. The lowest BCUT2D eigenvalue weighted by atomic mass is 10.7. The molecule has 1 N–H and O–H groups in total. The molecule has 1 rings (SSSR count). The summed E-state index contributed by atoms with van der Waals surface area (Å²) in [6, 6.07) is 0. The topological polar surface area (TPSA) is 24.9 Å². The Morgan fingerprint density at radius 3 is 3.30 bits per heavy atom. The van der Waals surface area contributed by atoms with Crippen LogP contribution in [-0.4, -0.2) is 11.5 Å². The Kier molecular flexibility index (Phi) is 3.54. The van der Waals surface area contributed by atoms with Crippen LogP contribution in [0, 0.1) is 9.85 Å². The average molecular weight is 264 g/mol. The molecule has 0 aliphatic carbocycles. The first-order chi connectivity index (χ1) is 4.93. The highest BCUT2D eigenvalue weighted by atomic mass is 127. The Bertz CT molecular complexity index is 234. The summed E-state index contributed by atoms with van der Waals surface area (Å²) in [5.74, 6) is 2.88. The van der Waals surface area contributed by atoms with E-state index in [1.807, 2.05) is 28.0 Å². The van der Waals surface area contributed by atoms with E-state index in [1.165, 1.54) is 0 Å². The van der Waals surface area contributed by atoms with Crippen molar-refractivity contribution in [2.75, 3.05) is 11.9 Å². The standard InChI is InChI=1S/C6H5IN2S/c7-2-1-3-8-6-9-4-5-10-6/h4-5H,3H2,(H,8,9). The van der Waals surface area contributed by atoms with Crippen molar-refractivity contribution in [3.8, 4) is 9.85 Å². The van der Waals surface area contributed by atoms with E-state index in [0.717, 1.165) is 5.13 Å². The van der Waals surface area contributed by atoms with Gasteiger partial charge in [0.25, 0.3) is 0 Å². The van der Waals surface area contributed by atoms with E-state index in [0.29, 0.717) is 6.54 Å². The van der Waals surface area contributed by atoms with Crippen LogP contribution in [-0.2, 0) is 0 Å². The van der Waals surface area contributed by atoms with E-state index in [2.05, 4.69) is 20.1 Å². The fraction of sp³-hybridized carbons (Fsp3) is 0.167. The Labute approximate surface area is 77.2 Å². The molecule has 0 amide bonds. The first kappa shape index (κ1) is 7.82. The first-order valence-electron chi connectivity index (χ1n) is 2.65. The highest BCUT2D eigenvalue weighted by molar-refractivity contribution is 14.1. The van der Waals surface area contributed by atoms with Crippen LogP contribution < -0.4 is 5.32 Å². The molecular formula is C6H5IN2S.